The minimum Gasteiger partial charge on any atom is -0.398 e. The highest BCUT2D eigenvalue weighted by Crippen LogP contribution is 2.21. The van der Waals surface area contributed by atoms with Gasteiger partial charge < -0.3 is 11.1 Å². The number of anilines is 2. The summed E-state index contributed by atoms with van der Waals surface area (Å²) in [4.78, 5) is 11.9. The van der Waals surface area contributed by atoms with Crippen molar-refractivity contribution >= 4 is 33.2 Å². The van der Waals surface area contributed by atoms with Crippen LogP contribution in [-0.2, 0) is 0 Å². The van der Waals surface area contributed by atoms with Crippen LogP contribution < -0.4 is 11.1 Å². The lowest BCUT2D eigenvalue weighted by Gasteiger charge is -2.07. The Hall–Kier alpha value is -1.95. The van der Waals surface area contributed by atoms with Crippen LogP contribution in [0.2, 0.25) is 0 Å². The standard InChI is InChI=1S/C13H9BrF2N2O/c14-11-2-1-7(3-12(11)17)13(19)18-10-5-8(15)4-9(16)6-10/h1-6H,17H2,(H,18,19). The van der Waals surface area contributed by atoms with Crippen molar-refractivity contribution < 1.29 is 13.6 Å². The Morgan fingerprint density at radius 2 is 1.74 bits per heavy atom. The van der Waals surface area contributed by atoms with Gasteiger partial charge in [-0.05, 0) is 46.3 Å². The highest BCUT2D eigenvalue weighted by atomic mass is 79.9. The first-order valence-electron chi connectivity index (χ1n) is 5.28. The van der Waals surface area contributed by atoms with Gasteiger partial charge in [-0.3, -0.25) is 4.79 Å². The van der Waals surface area contributed by atoms with Gasteiger partial charge in [-0.2, -0.15) is 0 Å². The van der Waals surface area contributed by atoms with Gasteiger partial charge >= 0.3 is 0 Å². The summed E-state index contributed by atoms with van der Waals surface area (Å²) in [5.74, 6) is -2.01. The van der Waals surface area contributed by atoms with Crippen LogP contribution in [0.15, 0.2) is 40.9 Å². The van der Waals surface area contributed by atoms with E-state index in [-0.39, 0.29) is 5.69 Å². The molecular formula is C13H9BrF2N2O. The molecule has 0 aliphatic carbocycles. The summed E-state index contributed by atoms with van der Waals surface area (Å²) in [6.45, 7) is 0. The molecule has 0 aliphatic heterocycles. The van der Waals surface area contributed by atoms with Crippen LogP contribution in [0.5, 0.6) is 0 Å². The van der Waals surface area contributed by atoms with Crippen molar-refractivity contribution in [3.63, 3.8) is 0 Å². The molecular weight excluding hydrogens is 318 g/mol. The number of amides is 1. The topological polar surface area (TPSA) is 55.1 Å². The molecule has 0 saturated carbocycles. The third-order valence-electron chi connectivity index (χ3n) is 2.38. The molecule has 0 unspecified atom stereocenters. The summed E-state index contributed by atoms with van der Waals surface area (Å²) in [5.41, 5.74) is 6.40. The molecule has 3 N–H and O–H groups in total. The molecule has 0 bridgehead atoms. The van der Waals surface area contributed by atoms with E-state index in [9.17, 15) is 13.6 Å². The Morgan fingerprint density at radius 3 is 2.32 bits per heavy atom. The number of carbonyl (C=O) groups excluding carboxylic acids is 1. The molecule has 0 atom stereocenters. The summed E-state index contributed by atoms with van der Waals surface area (Å²) in [7, 11) is 0. The molecule has 2 aromatic carbocycles. The Morgan fingerprint density at radius 1 is 1.11 bits per heavy atom. The third-order valence-corrected chi connectivity index (χ3v) is 3.10. The first-order valence-corrected chi connectivity index (χ1v) is 6.07. The molecule has 0 saturated heterocycles. The zero-order valence-corrected chi connectivity index (χ0v) is 11.2. The Labute approximate surface area is 116 Å². The SMILES string of the molecule is Nc1cc(C(=O)Nc2cc(F)cc(F)c2)ccc1Br. The maximum Gasteiger partial charge on any atom is 0.255 e. The molecule has 3 nitrogen and oxygen atoms in total. The fraction of sp³-hybridized carbons (Fsp3) is 0. The fourth-order valence-corrected chi connectivity index (χ4v) is 1.76. The zero-order chi connectivity index (χ0) is 14.0. The van der Waals surface area contributed by atoms with E-state index in [0.717, 1.165) is 18.2 Å². The van der Waals surface area contributed by atoms with Crippen molar-refractivity contribution in [2.24, 2.45) is 0 Å². The number of benzene rings is 2. The van der Waals surface area contributed by atoms with E-state index >= 15 is 0 Å². The molecule has 0 aliphatic rings. The zero-order valence-electron chi connectivity index (χ0n) is 9.58. The first kappa shape index (κ1) is 13.5. The number of hydrogen-bond donors (Lipinski definition) is 2. The summed E-state index contributed by atoms with van der Waals surface area (Å²) in [5, 5.41) is 2.40. The molecule has 0 aromatic heterocycles. The van der Waals surface area contributed by atoms with Gasteiger partial charge in [0.1, 0.15) is 11.6 Å². The average molecular weight is 327 g/mol. The minimum atomic E-state index is -0.759. The van der Waals surface area contributed by atoms with Crippen molar-refractivity contribution in [1.29, 1.82) is 0 Å². The summed E-state index contributed by atoms with van der Waals surface area (Å²) in [6, 6.07) is 7.43. The average Bonchev–Trinajstić information content (AvgIpc) is 2.31. The monoisotopic (exact) mass is 326 g/mol. The molecule has 19 heavy (non-hydrogen) atoms. The van der Waals surface area contributed by atoms with Crippen LogP contribution >= 0.6 is 15.9 Å². The van der Waals surface area contributed by atoms with Gasteiger partial charge in [0.05, 0.1) is 0 Å². The molecule has 0 fully saturated rings. The van der Waals surface area contributed by atoms with Crippen LogP contribution in [0.4, 0.5) is 20.2 Å². The molecule has 98 valence electrons. The molecule has 0 heterocycles. The van der Waals surface area contributed by atoms with Crippen LogP contribution in [-0.4, -0.2) is 5.91 Å². The first-order chi connectivity index (χ1) is 8.95. The maximum atomic E-state index is 13.0. The van der Waals surface area contributed by atoms with Crippen LogP contribution in [0, 0.1) is 11.6 Å². The number of carbonyl (C=O) groups is 1. The smallest absolute Gasteiger partial charge is 0.255 e. The van der Waals surface area contributed by atoms with Crippen molar-refractivity contribution in [2.75, 3.05) is 11.1 Å². The van der Waals surface area contributed by atoms with E-state index in [1.54, 1.807) is 12.1 Å². The number of nitrogens with two attached hydrogens (primary N) is 1. The van der Waals surface area contributed by atoms with Gasteiger partial charge in [0, 0.05) is 27.5 Å². The van der Waals surface area contributed by atoms with Gasteiger partial charge in [0.2, 0.25) is 0 Å². The minimum absolute atomic E-state index is 0.0454. The Balaban J connectivity index is 2.22. The molecule has 1 amide bonds. The van der Waals surface area contributed by atoms with Crippen LogP contribution in [0.25, 0.3) is 0 Å². The normalized spacial score (nSPS) is 10.3. The van der Waals surface area contributed by atoms with Crippen molar-refractivity contribution in [3.05, 3.63) is 58.1 Å². The van der Waals surface area contributed by atoms with Crippen LogP contribution in [0.1, 0.15) is 10.4 Å². The summed E-state index contributed by atoms with van der Waals surface area (Å²) >= 11 is 3.21. The lowest BCUT2D eigenvalue weighted by Crippen LogP contribution is -2.12. The molecule has 2 rings (SSSR count). The number of rotatable bonds is 2. The largest absolute Gasteiger partial charge is 0.398 e. The predicted octanol–water partition coefficient (Wildman–Crippen LogP) is 3.56. The number of nitrogens with one attached hydrogen (secondary N) is 1. The van der Waals surface area contributed by atoms with Crippen molar-refractivity contribution in [1.82, 2.24) is 0 Å². The summed E-state index contributed by atoms with van der Waals surface area (Å²) in [6.07, 6.45) is 0. The van der Waals surface area contributed by atoms with Gasteiger partial charge in [-0.1, -0.05) is 0 Å². The highest BCUT2D eigenvalue weighted by molar-refractivity contribution is 9.10. The van der Waals surface area contributed by atoms with Crippen molar-refractivity contribution in [3.8, 4) is 0 Å². The van der Waals surface area contributed by atoms with E-state index in [2.05, 4.69) is 21.2 Å². The molecule has 2 aromatic rings. The summed E-state index contributed by atoms with van der Waals surface area (Å²) < 4.78 is 26.6. The lowest BCUT2D eigenvalue weighted by molar-refractivity contribution is 0.102. The van der Waals surface area contributed by atoms with E-state index in [1.807, 2.05) is 0 Å². The van der Waals surface area contributed by atoms with E-state index in [1.165, 1.54) is 6.07 Å². The lowest BCUT2D eigenvalue weighted by atomic mass is 10.2. The molecule has 0 radical (unpaired) electrons. The predicted molar refractivity (Wildman–Crippen MR) is 72.9 cm³/mol. The van der Waals surface area contributed by atoms with Gasteiger partial charge in [0.25, 0.3) is 5.91 Å². The van der Waals surface area contributed by atoms with Gasteiger partial charge in [-0.15, -0.1) is 0 Å². The number of halogens is 3. The van der Waals surface area contributed by atoms with Gasteiger partial charge in [-0.25, -0.2) is 8.78 Å². The highest BCUT2D eigenvalue weighted by Gasteiger charge is 2.09. The Bertz CT molecular complexity index is 626. The maximum absolute atomic E-state index is 13.0. The van der Waals surface area contributed by atoms with Crippen LogP contribution in [0.3, 0.4) is 0 Å². The van der Waals surface area contributed by atoms with Gasteiger partial charge in [0.15, 0.2) is 0 Å². The quantitative estimate of drug-likeness (QED) is 0.829. The Kier molecular flexibility index (Phi) is 3.80. The second-order valence-corrected chi connectivity index (χ2v) is 4.70. The second-order valence-electron chi connectivity index (χ2n) is 3.85. The number of nitrogen functional groups attached to an aromatic ring is 1. The molecule has 6 heteroatoms. The van der Waals surface area contributed by atoms with Crippen molar-refractivity contribution in [2.45, 2.75) is 0 Å². The number of hydrogen-bond acceptors (Lipinski definition) is 2. The van der Waals surface area contributed by atoms with E-state index in [0.29, 0.717) is 15.7 Å². The fourth-order valence-electron chi connectivity index (χ4n) is 1.51. The van der Waals surface area contributed by atoms with E-state index in [4.69, 9.17) is 5.73 Å². The third kappa shape index (κ3) is 3.29. The molecule has 0 spiro atoms. The van der Waals surface area contributed by atoms with E-state index < -0.39 is 17.5 Å². The second kappa shape index (κ2) is 5.36.